The zero-order chi connectivity index (χ0) is 50.5. The number of fused-ring (bicyclic) bond motifs is 14. The minimum absolute atomic E-state index is 0.0321. The summed E-state index contributed by atoms with van der Waals surface area (Å²) in [4.78, 5) is 2.59. The van der Waals surface area contributed by atoms with Crippen molar-refractivity contribution in [2.75, 3.05) is 4.90 Å². The molecule has 0 aromatic heterocycles. The molecule has 0 N–H and O–H groups in total. The van der Waals surface area contributed by atoms with E-state index in [0.29, 0.717) is 5.92 Å². The topological polar surface area (TPSA) is 3.24 Å². The van der Waals surface area contributed by atoms with Gasteiger partial charge in [-0.25, -0.2) is 0 Å². The van der Waals surface area contributed by atoms with Crippen LogP contribution < -0.4 is 4.90 Å². The molecule has 14 rings (SSSR count). The van der Waals surface area contributed by atoms with E-state index in [9.17, 15) is 0 Å². The van der Waals surface area contributed by atoms with E-state index in [4.69, 9.17) is 0 Å². The number of hydrogen-bond acceptors (Lipinski definition) is 1. The second kappa shape index (κ2) is 15.9. The van der Waals surface area contributed by atoms with Gasteiger partial charge in [0.15, 0.2) is 0 Å². The van der Waals surface area contributed by atoms with E-state index in [0.717, 1.165) is 11.6 Å². The molecule has 0 heterocycles. The van der Waals surface area contributed by atoms with Gasteiger partial charge >= 0.3 is 0 Å². The van der Waals surface area contributed by atoms with Crippen LogP contribution in [-0.2, 0) is 27.1 Å². The van der Waals surface area contributed by atoms with Gasteiger partial charge in [0.05, 0.1) is 5.41 Å². The summed E-state index contributed by atoms with van der Waals surface area (Å²) < 4.78 is 0. The third kappa shape index (κ3) is 6.35. The van der Waals surface area contributed by atoms with Crippen LogP contribution in [0.25, 0.3) is 44.5 Å². The average Bonchev–Trinajstić information content (AvgIpc) is 4.22. The van der Waals surface area contributed by atoms with E-state index in [1.165, 1.54) is 132 Å². The van der Waals surface area contributed by atoms with Crippen LogP contribution in [0, 0.1) is 11.8 Å². The van der Waals surface area contributed by atoms with Crippen molar-refractivity contribution < 1.29 is 0 Å². The Hall–Kier alpha value is -7.22. The molecule has 1 spiro atoms. The molecule has 2 fully saturated rings. The zero-order valence-electron chi connectivity index (χ0n) is 44.5. The van der Waals surface area contributed by atoms with Gasteiger partial charge in [0, 0.05) is 27.9 Å². The molecule has 0 radical (unpaired) electrons. The van der Waals surface area contributed by atoms with Crippen molar-refractivity contribution in [3.05, 3.63) is 256 Å². The predicted molar refractivity (Wildman–Crippen MR) is 310 cm³/mol. The van der Waals surface area contributed by atoms with Crippen LogP contribution in [-0.4, -0.2) is 0 Å². The van der Waals surface area contributed by atoms with Crippen molar-refractivity contribution in [3.63, 3.8) is 0 Å². The highest BCUT2D eigenvalue weighted by molar-refractivity contribution is 5.93. The fraction of sp³-hybridized carbons (Fsp3) is 0.260. The van der Waals surface area contributed by atoms with E-state index in [-0.39, 0.29) is 21.7 Å². The molecule has 3 unspecified atom stereocenters. The minimum atomic E-state index is -0.560. The molecule has 74 heavy (non-hydrogen) atoms. The van der Waals surface area contributed by atoms with Gasteiger partial charge in [-0.3, -0.25) is 0 Å². The van der Waals surface area contributed by atoms with Crippen molar-refractivity contribution in [2.24, 2.45) is 11.8 Å². The van der Waals surface area contributed by atoms with Crippen LogP contribution in [0.5, 0.6) is 0 Å². The van der Waals surface area contributed by atoms with Gasteiger partial charge in [-0.15, -0.1) is 0 Å². The Balaban J connectivity index is 0.988. The first kappa shape index (κ1) is 45.4. The third-order valence-electron chi connectivity index (χ3n) is 19.0. The first-order valence-corrected chi connectivity index (χ1v) is 27.5. The maximum Gasteiger partial charge on any atom is 0.0714 e. The molecule has 0 saturated heterocycles. The normalized spacial score (nSPS) is 19.9. The Kier molecular flexibility index (Phi) is 9.75. The monoisotopic (exact) mass is 958 g/mol. The average molecular weight is 958 g/mol. The van der Waals surface area contributed by atoms with E-state index in [1.54, 1.807) is 5.56 Å². The van der Waals surface area contributed by atoms with Gasteiger partial charge in [0.2, 0.25) is 0 Å². The predicted octanol–water partition coefficient (Wildman–Crippen LogP) is 19.2. The summed E-state index contributed by atoms with van der Waals surface area (Å²) in [6, 6.07) is 78.3. The van der Waals surface area contributed by atoms with Crippen molar-refractivity contribution in [3.8, 4) is 44.5 Å². The van der Waals surface area contributed by atoms with Crippen molar-refractivity contribution in [2.45, 2.75) is 108 Å². The fourth-order valence-electron chi connectivity index (χ4n) is 15.5. The van der Waals surface area contributed by atoms with Gasteiger partial charge in [-0.2, -0.15) is 0 Å². The fourth-order valence-corrected chi connectivity index (χ4v) is 15.5. The number of nitrogens with zero attached hydrogens (tertiary/aromatic N) is 1. The standard InChI is InChI=1S/C73H67N/c1-69(2,3)48-28-32-50(33-29-48)73(51-34-30-49(31-35-51)70(4,5)6)65-23-14-11-17-58(65)61-41-39-55(44-67(61)73)74(54-38-40-60-57-16-10-13-22-64(57)72(66(60)43-54)45-46-24-27-52(72)42-46)53-36-25-47(26-37-53)56-19-15-20-62-59-18-9-12-21-63(59)71(7,8)68(56)62/h9-23,25-26,28-41,43-44,46,52H,24,27,42,45H2,1-8H3. The SMILES string of the molecule is CC(C)(C)c1ccc(C2(c3ccc(C(C)(C)C)cc3)c3ccccc3-c3ccc(N(c4ccc(-c5cccc6c5C(C)(C)c5ccccc5-6)cc4)c4ccc5c(c4)C4(CC6CCC4C6)c4ccccc4-5)cc32)cc1. The smallest absolute Gasteiger partial charge is 0.0714 e. The molecule has 1 nitrogen and oxygen atoms in total. The van der Waals surface area contributed by atoms with Crippen LogP contribution in [0.2, 0.25) is 0 Å². The molecule has 0 aliphatic heterocycles. The lowest BCUT2D eigenvalue weighted by Crippen LogP contribution is -2.32. The van der Waals surface area contributed by atoms with Gasteiger partial charge in [0.1, 0.15) is 0 Å². The highest BCUT2D eigenvalue weighted by Crippen LogP contribution is 2.66. The largest absolute Gasteiger partial charge is 0.310 e. The van der Waals surface area contributed by atoms with Crippen LogP contribution >= 0.6 is 0 Å². The maximum absolute atomic E-state index is 2.62. The van der Waals surface area contributed by atoms with Crippen molar-refractivity contribution in [1.82, 2.24) is 0 Å². The molecular formula is C73H67N. The second-order valence-electron chi connectivity index (χ2n) is 25.3. The minimum Gasteiger partial charge on any atom is -0.310 e. The summed E-state index contributed by atoms with van der Waals surface area (Å²) in [6.07, 6.45) is 5.28. The quantitative estimate of drug-likeness (QED) is 0.161. The van der Waals surface area contributed by atoms with E-state index < -0.39 is 5.41 Å². The summed E-state index contributed by atoms with van der Waals surface area (Å²) in [7, 11) is 0. The maximum atomic E-state index is 2.62. The van der Waals surface area contributed by atoms with E-state index in [2.05, 4.69) is 260 Å². The Morgan fingerprint density at radius 1 is 0.405 bits per heavy atom. The highest BCUT2D eigenvalue weighted by Gasteiger charge is 2.57. The first-order valence-electron chi connectivity index (χ1n) is 27.5. The highest BCUT2D eigenvalue weighted by atomic mass is 15.1. The molecule has 5 aliphatic rings. The molecule has 9 aromatic rings. The number of hydrogen-bond donors (Lipinski definition) is 0. The number of anilines is 3. The summed E-state index contributed by atoms with van der Waals surface area (Å²) in [5, 5.41) is 0. The van der Waals surface area contributed by atoms with Gasteiger partial charge in [-0.1, -0.05) is 226 Å². The zero-order valence-corrected chi connectivity index (χ0v) is 44.5. The lowest BCUT2D eigenvalue weighted by molar-refractivity contribution is 0.327. The summed E-state index contributed by atoms with van der Waals surface area (Å²) in [5.74, 6) is 1.47. The number of rotatable bonds is 6. The van der Waals surface area contributed by atoms with Gasteiger partial charge < -0.3 is 4.90 Å². The Morgan fingerprint density at radius 2 is 0.878 bits per heavy atom. The molecule has 9 aromatic carbocycles. The van der Waals surface area contributed by atoms with Gasteiger partial charge in [-0.05, 0) is 178 Å². The summed E-state index contributed by atoms with van der Waals surface area (Å²) >= 11 is 0. The van der Waals surface area contributed by atoms with Gasteiger partial charge in [0.25, 0.3) is 0 Å². The van der Waals surface area contributed by atoms with Crippen LogP contribution in [0.1, 0.15) is 137 Å². The molecule has 2 bridgehead atoms. The summed E-state index contributed by atoms with van der Waals surface area (Å²) in [6.45, 7) is 18.7. The Labute approximate surface area is 440 Å². The van der Waals surface area contributed by atoms with Crippen LogP contribution in [0.3, 0.4) is 0 Å². The molecule has 2 saturated carbocycles. The molecule has 5 aliphatic carbocycles. The third-order valence-corrected chi connectivity index (χ3v) is 19.0. The molecule has 0 amide bonds. The van der Waals surface area contributed by atoms with E-state index >= 15 is 0 Å². The molecular weight excluding hydrogens is 891 g/mol. The summed E-state index contributed by atoms with van der Waals surface area (Å²) in [5.41, 5.74) is 27.6. The van der Waals surface area contributed by atoms with Crippen molar-refractivity contribution in [1.29, 1.82) is 0 Å². The lowest BCUT2D eigenvalue weighted by atomic mass is 9.66. The van der Waals surface area contributed by atoms with Crippen molar-refractivity contribution >= 4 is 17.1 Å². The Morgan fingerprint density at radius 3 is 1.45 bits per heavy atom. The molecule has 364 valence electrons. The van der Waals surface area contributed by atoms with Crippen LogP contribution in [0.15, 0.2) is 200 Å². The lowest BCUT2D eigenvalue weighted by Gasteiger charge is -2.37. The number of benzene rings is 9. The van der Waals surface area contributed by atoms with E-state index in [1.807, 2.05) is 0 Å². The Bertz CT molecular complexity index is 3660. The molecule has 3 atom stereocenters. The van der Waals surface area contributed by atoms with Crippen LogP contribution in [0.4, 0.5) is 17.1 Å². The first-order chi connectivity index (χ1) is 35.7. The second-order valence-corrected chi connectivity index (χ2v) is 25.3. The molecule has 1 heteroatoms.